The van der Waals surface area contributed by atoms with Gasteiger partial charge in [-0.1, -0.05) is 96.2 Å². The molecule has 3 amide bonds. The molecule has 100 heavy (non-hydrogen) atoms. The van der Waals surface area contributed by atoms with E-state index < -0.39 is 151 Å². The average molecular weight is 1410 g/mol. The zero-order chi connectivity index (χ0) is 72.5. The second kappa shape index (κ2) is 30.9. The molecule has 10 rings (SSSR count). The highest BCUT2D eigenvalue weighted by atomic mass is 31.2. The number of ether oxygens (including phenoxy) is 4. The van der Waals surface area contributed by atoms with Gasteiger partial charge in [-0.3, -0.25) is 43.3 Å². The monoisotopic (exact) mass is 1410 g/mol. The molecule has 1 aliphatic heterocycles. The SMILES string of the molecule is COc1cccc2c1C(=O)c1c(O)c3c(c(O)c1C2=O)C[C@@](O)(C(C)=O)C[C@@H]3O[C@H]1C[C@H](NC(=O)CCC(=O)NCCCC[C@@H](CC(=O)C(Cc2ccc(OP(=O)(O)O)cc2)NC(=O)OC2CC[C@@]3(C)C(=CC[C@@H]4[C@@H]3CC[C@]3(C)C([C@H](C)CCCC(C)C)CC[C@@H]43)C2)C(=O)O)[C@H](O)[C@H](C)O1. The van der Waals surface area contributed by atoms with Crippen molar-refractivity contribution >= 4 is 54.8 Å². The van der Waals surface area contributed by atoms with Gasteiger partial charge in [-0.25, -0.2) is 9.36 Å². The normalized spacial score (nSPS) is 29.2. The van der Waals surface area contributed by atoms with Gasteiger partial charge in [0.2, 0.25) is 17.6 Å². The summed E-state index contributed by atoms with van der Waals surface area (Å²) in [6.07, 6.45) is 6.20. The minimum atomic E-state index is -4.88. The lowest BCUT2D eigenvalue weighted by molar-refractivity contribution is -0.249. The first kappa shape index (κ1) is 75.6. The number of amides is 3. The van der Waals surface area contributed by atoms with E-state index in [1.807, 2.05) is 0 Å². The molecule has 1 heterocycles. The summed E-state index contributed by atoms with van der Waals surface area (Å²) in [6.45, 7) is 14.8. The third kappa shape index (κ3) is 16.2. The molecule has 16 atom stereocenters. The number of Topliss-reactive ketones (excluding diaryl/α,β-unsaturated/α-hetero) is 2. The van der Waals surface area contributed by atoms with Crippen LogP contribution in [0.15, 0.2) is 54.1 Å². The van der Waals surface area contributed by atoms with Crippen LogP contribution >= 0.6 is 7.82 Å². The number of carbonyl (C=O) groups excluding carboxylic acids is 7. The number of carboxylic acid groups (broad SMARTS) is 1. The summed E-state index contributed by atoms with van der Waals surface area (Å²) in [4.78, 5) is 127. The predicted molar refractivity (Wildman–Crippen MR) is 364 cm³/mol. The van der Waals surface area contributed by atoms with E-state index in [9.17, 15) is 78.2 Å². The molecule has 6 aliphatic carbocycles. The molecule has 3 aromatic rings. The van der Waals surface area contributed by atoms with Crippen molar-refractivity contribution in [1.82, 2.24) is 16.0 Å². The molecule has 0 bridgehead atoms. The molecule has 3 unspecified atom stereocenters. The number of aliphatic hydroxyl groups is 2. The summed E-state index contributed by atoms with van der Waals surface area (Å²) in [5, 5.41) is 65.1. The summed E-state index contributed by atoms with van der Waals surface area (Å²) in [7, 11) is -3.58. The van der Waals surface area contributed by atoms with E-state index in [-0.39, 0.29) is 84.2 Å². The van der Waals surface area contributed by atoms with Crippen LogP contribution in [0.4, 0.5) is 4.79 Å². The van der Waals surface area contributed by atoms with E-state index in [1.165, 1.54) is 107 Å². The first-order chi connectivity index (χ1) is 47.2. The molecule has 1 saturated heterocycles. The highest BCUT2D eigenvalue weighted by Gasteiger charge is 2.60. The number of carboxylic acids is 1. The van der Waals surface area contributed by atoms with E-state index in [4.69, 9.17) is 23.5 Å². The van der Waals surface area contributed by atoms with E-state index in [0.717, 1.165) is 31.6 Å². The quantitative estimate of drug-likeness (QED) is 0.0109. The highest BCUT2D eigenvalue weighted by Crippen LogP contribution is 2.68. The Kier molecular flexibility index (Phi) is 23.3. The number of phosphoric ester groups is 1. The van der Waals surface area contributed by atoms with Crippen LogP contribution in [-0.4, -0.2) is 138 Å². The number of aromatic hydroxyl groups is 2. The number of ketones is 4. The fourth-order valence-corrected chi connectivity index (χ4v) is 18.6. The number of phosphoric acid groups is 1. The van der Waals surface area contributed by atoms with E-state index in [0.29, 0.717) is 53.9 Å². The van der Waals surface area contributed by atoms with E-state index >= 15 is 0 Å². The van der Waals surface area contributed by atoms with Gasteiger partial charge in [0.1, 0.15) is 40.8 Å². The number of methoxy groups -OCH3 is 1. The molecule has 0 aromatic heterocycles. The summed E-state index contributed by atoms with van der Waals surface area (Å²) in [5.41, 5.74) is -1.74. The van der Waals surface area contributed by atoms with Crippen molar-refractivity contribution in [1.29, 1.82) is 0 Å². The summed E-state index contributed by atoms with van der Waals surface area (Å²) in [6, 6.07) is 7.61. The Morgan fingerprint density at radius 2 is 1.56 bits per heavy atom. The molecule has 0 spiro atoms. The van der Waals surface area contributed by atoms with E-state index in [1.54, 1.807) is 0 Å². The number of hydrogen-bond acceptors (Lipinski definition) is 18. The number of aliphatic hydroxyl groups excluding tert-OH is 1. The second-order valence-electron chi connectivity index (χ2n) is 30.4. The molecule has 4 fully saturated rings. The van der Waals surface area contributed by atoms with Gasteiger partial charge < -0.3 is 65.0 Å². The van der Waals surface area contributed by atoms with Crippen LogP contribution in [0.2, 0.25) is 0 Å². The van der Waals surface area contributed by atoms with Crippen molar-refractivity contribution < 1.29 is 102 Å². The van der Waals surface area contributed by atoms with Crippen molar-refractivity contribution in [3.63, 3.8) is 0 Å². The van der Waals surface area contributed by atoms with Gasteiger partial charge in [-0.05, 0) is 148 Å². The maximum absolute atomic E-state index is 14.3. The molecule has 3 aromatic carbocycles. The molecular weight excluding hydrogens is 1310 g/mol. The maximum Gasteiger partial charge on any atom is 0.524 e. The van der Waals surface area contributed by atoms with Crippen LogP contribution in [0.25, 0.3) is 0 Å². The largest absolute Gasteiger partial charge is 0.524 e. The fraction of sp³-hybridized carbons (Fsp3) is 0.627. The average Bonchev–Trinajstić information content (AvgIpc) is 1.03. The van der Waals surface area contributed by atoms with Crippen LogP contribution in [0, 0.1) is 52.3 Å². The first-order valence-electron chi connectivity index (χ1n) is 35.7. The Morgan fingerprint density at radius 3 is 2.25 bits per heavy atom. The molecule has 0 radical (unpaired) electrons. The lowest BCUT2D eigenvalue weighted by Gasteiger charge is -2.58. The van der Waals surface area contributed by atoms with Crippen LogP contribution in [0.5, 0.6) is 23.0 Å². The third-order valence-electron chi connectivity index (χ3n) is 23.6. The Bertz CT molecular complexity index is 3700. The lowest BCUT2D eigenvalue weighted by atomic mass is 9.47. The Labute approximate surface area is 583 Å². The highest BCUT2D eigenvalue weighted by molar-refractivity contribution is 7.46. The molecule has 546 valence electrons. The van der Waals surface area contributed by atoms with Gasteiger partial charge in [0.25, 0.3) is 0 Å². The van der Waals surface area contributed by atoms with Crippen LogP contribution in [0.1, 0.15) is 225 Å². The number of nitrogens with one attached hydrogen (secondary N) is 3. The molecular formula is C75H100N3O21P. The molecule has 7 aliphatic rings. The number of allylic oxidation sites excluding steroid dienone is 1. The van der Waals surface area contributed by atoms with Gasteiger partial charge in [0.05, 0.1) is 54.0 Å². The van der Waals surface area contributed by atoms with Crippen molar-refractivity contribution in [2.24, 2.45) is 52.3 Å². The summed E-state index contributed by atoms with van der Waals surface area (Å²) < 4.78 is 40.0. The third-order valence-corrected chi connectivity index (χ3v) is 24.0. The number of phenols is 2. The van der Waals surface area contributed by atoms with Crippen LogP contribution < -0.4 is 25.2 Å². The minimum Gasteiger partial charge on any atom is -0.507 e. The zero-order valence-electron chi connectivity index (χ0n) is 58.6. The Balaban J connectivity index is 0.705. The molecule has 24 nitrogen and oxygen atoms in total. The number of phenolic OH excluding ortho intramolecular Hbond substituents is 2. The number of hydrogen-bond donors (Lipinski definition) is 10. The number of aliphatic carboxylic acids is 1. The van der Waals surface area contributed by atoms with Crippen LogP contribution in [-0.2, 0) is 55.6 Å². The van der Waals surface area contributed by atoms with Gasteiger partial charge in [0, 0.05) is 68.2 Å². The fourth-order valence-electron chi connectivity index (χ4n) is 18.2. The van der Waals surface area contributed by atoms with Crippen molar-refractivity contribution in [2.75, 3.05) is 13.7 Å². The number of fused-ring (bicyclic) bond motifs is 8. The molecule has 3 saturated carbocycles. The Morgan fingerprint density at radius 1 is 0.840 bits per heavy atom. The number of benzene rings is 3. The van der Waals surface area contributed by atoms with Crippen molar-refractivity contribution in [3.8, 4) is 23.0 Å². The second-order valence-corrected chi connectivity index (χ2v) is 31.5. The molecule has 25 heteroatoms. The van der Waals surface area contributed by atoms with Gasteiger partial charge in [-0.2, -0.15) is 0 Å². The van der Waals surface area contributed by atoms with Crippen LogP contribution in [0.3, 0.4) is 0 Å². The lowest BCUT2D eigenvalue weighted by Crippen LogP contribution is -2.55. The zero-order valence-corrected chi connectivity index (χ0v) is 59.4. The maximum atomic E-state index is 14.3. The van der Waals surface area contributed by atoms with Gasteiger partial charge in [0.15, 0.2) is 23.6 Å². The number of alkyl carbamates (subject to hydrolysis) is 1. The van der Waals surface area contributed by atoms with Gasteiger partial charge >= 0.3 is 19.9 Å². The topological polar surface area (TPSA) is 377 Å². The predicted octanol–water partition coefficient (Wildman–Crippen LogP) is 10.1. The molecule has 10 N–H and O–H groups in total. The number of unbranched alkanes of at least 4 members (excludes halogenated alkanes) is 1. The standard InChI is InChI=1S/C75H100N3O21P/c1-39(2)13-11-14-40(3)51-24-25-52-48-23-20-45-35-47(28-30-73(45,6)53(48)29-31-74(51,52)7)97-72(90)78-54(33-43-18-21-46(22-19-43)99-100(92,93)94)56(80)34-44(71(88)89)15-9-10-32-76-59(81)26-27-60(82)77-55-36-61(96-41(4)66(55)83)98-58-38-75(91,42(5)79)37-50-63(58)70(87)65-64(68(50)85)67(84)49-16-12-17-57(95-8)62(49)69(65)86/h12,16-22,39-41,44,47-48,51-55,58,61,66,83,85,87,91H,9-11,13-15,23-38H2,1-8H3,(H,76,81)(H,77,82)(H,78,90)(H,88,89)(H2,92,93,94)/t40-,41+,44+,47?,48+,51?,52+,53+,54?,55+,58+,61+,66-,73+,74-,75+/m1/s1. The minimum absolute atomic E-state index is 0.00732. The Hall–Kier alpha value is -7.05. The van der Waals surface area contributed by atoms with Crippen molar-refractivity contribution in [2.45, 2.75) is 232 Å². The smallest absolute Gasteiger partial charge is 0.507 e. The summed E-state index contributed by atoms with van der Waals surface area (Å²) >= 11 is 0. The van der Waals surface area contributed by atoms with Crippen molar-refractivity contribution in [3.05, 3.63) is 93.1 Å². The number of carbonyl (C=O) groups is 8. The summed E-state index contributed by atoms with van der Waals surface area (Å²) in [5.74, 6) is -4.03. The first-order valence-corrected chi connectivity index (χ1v) is 37.2. The van der Waals surface area contributed by atoms with E-state index in [2.05, 4.69) is 56.6 Å². The number of rotatable bonds is 28. The van der Waals surface area contributed by atoms with Gasteiger partial charge in [-0.15, -0.1) is 0 Å².